The third kappa shape index (κ3) is 3.49. The Kier molecular flexibility index (Phi) is 4.96. The lowest BCUT2D eigenvalue weighted by atomic mass is 10.1. The van der Waals surface area contributed by atoms with E-state index in [-0.39, 0.29) is 18.4 Å². The predicted octanol–water partition coefficient (Wildman–Crippen LogP) is 2.26. The number of hydrogen-bond acceptors (Lipinski definition) is 4. The van der Waals surface area contributed by atoms with Gasteiger partial charge < -0.3 is 19.7 Å². The van der Waals surface area contributed by atoms with E-state index in [9.17, 15) is 14.7 Å². The summed E-state index contributed by atoms with van der Waals surface area (Å²) in [6.07, 6.45) is 4.00. The van der Waals surface area contributed by atoms with Crippen LogP contribution in [0.15, 0.2) is 47.1 Å². The van der Waals surface area contributed by atoms with Crippen LogP contribution in [0, 0.1) is 0 Å². The van der Waals surface area contributed by atoms with Gasteiger partial charge in [0.05, 0.1) is 12.9 Å². The van der Waals surface area contributed by atoms with Gasteiger partial charge in [-0.2, -0.15) is 0 Å². The number of carbonyl (C=O) groups is 2. The first kappa shape index (κ1) is 16.3. The molecule has 2 amide bonds. The summed E-state index contributed by atoms with van der Waals surface area (Å²) in [5, 5.41) is 12.1. The molecule has 0 aliphatic carbocycles. The highest BCUT2D eigenvalue weighted by Gasteiger charge is 2.20. The molecule has 6 nitrogen and oxygen atoms in total. The highest BCUT2D eigenvalue weighted by molar-refractivity contribution is 5.97. The van der Waals surface area contributed by atoms with Crippen molar-refractivity contribution in [1.29, 1.82) is 0 Å². The number of anilines is 1. The molecular weight excluding hydrogens is 308 g/mol. The molecule has 2 aromatic rings. The Labute approximate surface area is 140 Å². The van der Waals surface area contributed by atoms with Gasteiger partial charge >= 0.3 is 0 Å². The number of amides is 2. The van der Waals surface area contributed by atoms with Gasteiger partial charge in [0.1, 0.15) is 11.8 Å². The average Bonchev–Trinajstić information content (AvgIpc) is 3.14. The van der Waals surface area contributed by atoms with Gasteiger partial charge in [0.15, 0.2) is 0 Å². The molecule has 1 fully saturated rings. The van der Waals surface area contributed by atoms with E-state index in [1.54, 1.807) is 41.3 Å². The number of benzene rings is 1. The van der Waals surface area contributed by atoms with Crippen molar-refractivity contribution in [3.63, 3.8) is 0 Å². The zero-order valence-electron chi connectivity index (χ0n) is 13.3. The van der Waals surface area contributed by atoms with E-state index in [4.69, 9.17) is 4.42 Å². The van der Waals surface area contributed by atoms with Crippen LogP contribution >= 0.6 is 0 Å². The molecule has 3 rings (SSSR count). The monoisotopic (exact) mass is 328 g/mol. The van der Waals surface area contributed by atoms with E-state index in [0.29, 0.717) is 17.7 Å². The third-order valence-corrected chi connectivity index (χ3v) is 4.14. The van der Waals surface area contributed by atoms with Crippen molar-refractivity contribution in [2.75, 3.05) is 18.1 Å². The van der Waals surface area contributed by atoms with E-state index in [0.717, 1.165) is 25.1 Å². The number of rotatable bonds is 5. The molecule has 2 heterocycles. The van der Waals surface area contributed by atoms with Crippen LogP contribution in [0.4, 0.5) is 5.69 Å². The standard InChI is InChI=1S/C18H20N2O4/c21-12-15(16-4-3-11-24-16)19-18(23)13-6-8-14(9-7-13)20-10-2-1-5-17(20)22/h3-4,6-9,11,15,21H,1-2,5,10,12H2,(H,19,23). The van der Waals surface area contributed by atoms with Crippen molar-refractivity contribution in [3.8, 4) is 0 Å². The topological polar surface area (TPSA) is 82.8 Å². The number of nitrogens with one attached hydrogen (secondary N) is 1. The lowest BCUT2D eigenvalue weighted by Crippen LogP contribution is -2.35. The molecule has 1 aromatic heterocycles. The number of aliphatic hydroxyl groups excluding tert-OH is 1. The maximum Gasteiger partial charge on any atom is 0.251 e. The van der Waals surface area contributed by atoms with Crippen LogP contribution < -0.4 is 10.2 Å². The lowest BCUT2D eigenvalue weighted by Gasteiger charge is -2.26. The molecule has 1 atom stereocenters. The van der Waals surface area contributed by atoms with Crippen molar-refractivity contribution >= 4 is 17.5 Å². The smallest absolute Gasteiger partial charge is 0.251 e. The number of hydrogen-bond donors (Lipinski definition) is 2. The highest BCUT2D eigenvalue weighted by atomic mass is 16.3. The zero-order valence-corrected chi connectivity index (χ0v) is 13.3. The molecule has 1 aromatic carbocycles. The van der Waals surface area contributed by atoms with Gasteiger partial charge in [-0.3, -0.25) is 9.59 Å². The summed E-state index contributed by atoms with van der Waals surface area (Å²) in [5.41, 5.74) is 1.27. The van der Waals surface area contributed by atoms with Gasteiger partial charge in [-0.15, -0.1) is 0 Å². The second kappa shape index (κ2) is 7.31. The van der Waals surface area contributed by atoms with Crippen LogP contribution in [0.2, 0.25) is 0 Å². The van der Waals surface area contributed by atoms with Gasteiger partial charge in [-0.05, 0) is 49.2 Å². The summed E-state index contributed by atoms with van der Waals surface area (Å²) in [7, 11) is 0. The summed E-state index contributed by atoms with van der Waals surface area (Å²) < 4.78 is 5.21. The summed E-state index contributed by atoms with van der Waals surface area (Å²) in [6, 6.07) is 9.74. The first-order valence-corrected chi connectivity index (χ1v) is 8.04. The Hall–Kier alpha value is -2.60. The maximum atomic E-state index is 12.3. The van der Waals surface area contributed by atoms with Crippen LogP contribution in [0.3, 0.4) is 0 Å². The van der Waals surface area contributed by atoms with Crippen LogP contribution in [0.1, 0.15) is 41.4 Å². The van der Waals surface area contributed by atoms with E-state index in [1.165, 1.54) is 6.26 Å². The number of aliphatic hydroxyl groups is 1. The zero-order chi connectivity index (χ0) is 16.9. The number of piperidine rings is 1. The molecule has 0 bridgehead atoms. The van der Waals surface area contributed by atoms with Crippen molar-refractivity contribution in [1.82, 2.24) is 5.32 Å². The van der Waals surface area contributed by atoms with Gasteiger partial charge in [-0.25, -0.2) is 0 Å². The van der Waals surface area contributed by atoms with Crippen LogP contribution in [0.5, 0.6) is 0 Å². The Bertz CT molecular complexity index is 694. The lowest BCUT2D eigenvalue weighted by molar-refractivity contribution is -0.119. The Morgan fingerprint density at radius 2 is 2.04 bits per heavy atom. The SMILES string of the molecule is O=C(NC(CO)c1ccco1)c1ccc(N2CCCCC2=O)cc1. The van der Waals surface area contributed by atoms with Crippen molar-refractivity contribution in [3.05, 3.63) is 54.0 Å². The molecule has 0 radical (unpaired) electrons. The molecule has 1 saturated heterocycles. The fraction of sp³-hybridized carbons (Fsp3) is 0.333. The summed E-state index contributed by atoms with van der Waals surface area (Å²) in [4.78, 5) is 26.0. The molecular formula is C18H20N2O4. The normalized spacial score (nSPS) is 16.0. The molecule has 24 heavy (non-hydrogen) atoms. The minimum absolute atomic E-state index is 0.122. The quantitative estimate of drug-likeness (QED) is 0.882. The Balaban J connectivity index is 1.68. The van der Waals surface area contributed by atoms with E-state index in [2.05, 4.69) is 5.32 Å². The number of furan rings is 1. The van der Waals surface area contributed by atoms with Crippen molar-refractivity contribution in [2.45, 2.75) is 25.3 Å². The molecule has 0 saturated carbocycles. The van der Waals surface area contributed by atoms with Crippen LogP contribution in [0.25, 0.3) is 0 Å². The molecule has 126 valence electrons. The van der Waals surface area contributed by atoms with E-state index >= 15 is 0 Å². The second-order valence-corrected chi connectivity index (χ2v) is 5.77. The molecule has 1 unspecified atom stereocenters. The van der Waals surface area contributed by atoms with Gasteiger partial charge in [0.2, 0.25) is 5.91 Å². The molecule has 6 heteroatoms. The molecule has 0 spiro atoms. The van der Waals surface area contributed by atoms with Gasteiger partial charge in [0, 0.05) is 24.2 Å². The third-order valence-electron chi connectivity index (χ3n) is 4.14. The Morgan fingerprint density at radius 3 is 2.67 bits per heavy atom. The summed E-state index contributed by atoms with van der Waals surface area (Å²) in [6.45, 7) is 0.467. The van der Waals surface area contributed by atoms with E-state index < -0.39 is 6.04 Å². The fourth-order valence-electron chi connectivity index (χ4n) is 2.81. The van der Waals surface area contributed by atoms with Crippen molar-refractivity contribution < 1.29 is 19.1 Å². The van der Waals surface area contributed by atoms with E-state index in [1.807, 2.05) is 0 Å². The minimum Gasteiger partial charge on any atom is -0.467 e. The van der Waals surface area contributed by atoms with Crippen LogP contribution in [-0.4, -0.2) is 30.1 Å². The first-order chi connectivity index (χ1) is 11.7. The highest BCUT2D eigenvalue weighted by Crippen LogP contribution is 2.21. The summed E-state index contributed by atoms with van der Waals surface area (Å²) >= 11 is 0. The fourth-order valence-corrected chi connectivity index (χ4v) is 2.81. The largest absolute Gasteiger partial charge is 0.467 e. The number of nitrogens with zero attached hydrogens (tertiary/aromatic N) is 1. The number of carbonyl (C=O) groups excluding carboxylic acids is 2. The average molecular weight is 328 g/mol. The Morgan fingerprint density at radius 1 is 1.25 bits per heavy atom. The molecule has 1 aliphatic heterocycles. The van der Waals surface area contributed by atoms with Crippen LogP contribution in [-0.2, 0) is 4.79 Å². The predicted molar refractivity (Wildman–Crippen MR) is 88.6 cm³/mol. The van der Waals surface area contributed by atoms with Gasteiger partial charge in [0.25, 0.3) is 5.91 Å². The maximum absolute atomic E-state index is 12.3. The second-order valence-electron chi connectivity index (χ2n) is 5.77. The first-order valence-electron chi connectivity index (χ1n) is 8.04. The van der Waals surface area contributed by atoms with Gasteiger partial charge in [-0.1, -0.05) is 0 Å². The molecule has 2 N–H and O–H groups in total. The molecule has 1 aliphatic rings. The summed E-state index contributed by atoms with van der Waals surface area (Å²) in [5.74, 6) is 0.319. The van der Waals surface area contributed by atoms with Crippen molar-refractivity contribution in [2.24, 2.45) is 0 Å². The minimum atomic E-state index is -0.587.